The summed E-state index contributed by atoms with van der Waals surface area (Å²) in [6.45, 7) is 0. The fourth-order valence-corrected chi connectivity index (χ4v) is 2.38. The molecule has 112 valence electrons. The number of anilines is 1. The number of nitrogens with one attached hydrogen (secondary N) is 1. The highest BCUT2D eigenvalue weighted by atomic mass is 19.1. The lowest BCUT2D eigenvalue weighted by atomic mass is 10.1. The van der Waals surface area contributed by atoms with E-state index in [9.17, 15) is 9.18 Å². The van der Waals surface area contributed by atoms with Crippen LogP contribution in [0.3, 0.4) is 0 Å². The minimum absolute atomic E-state index is 0.268. The number of carbonyl (C=O) groups excluding carboxylic acids is 1. The molecular formula is C17H16FN3O. The van der Waals surface area contributed by atoms with Crippen molar-refractivity contribution in [2.24, 2.45) is 14.1 Å². The molecule has 5 heteroatoms. The molecule has 0 aliphatic rings. The van der Waals surface area contributed by atoms with E-state index in [-0.39, 0.29) is 5.91 Å². The summed E-state index contributed by atoms with van der Waals surface area (Å²) in [4.78, 5) is 12.3. The maximum atomic E-state index is 13.3. The highest BCUT2D eigenvalue weighted by molar-refractivity contribution is 6.04. The molecule has 0 spiro atoms. The zero-order valence-electron chi connectivity index (χ0n) is 12.4. The van der Waals surface area contributed by atoms with Crippen molar-refractivity contribution in [1.29, 1.82) is 0 Å². The van der Waals surface area contributed by atoms with Gasteiger partial charge in [0.25, 0.3) is 5.91 Å². The molecule has 4 nitrogen and oxygen atoms in total. The van der Waals surface area contributed by atoms with Gasteiger partial charge in [0.1, 0.15) is 5.69 Å². The van der Waals surface area contributed by atoms with E-state index in [2.05, 4.69) is 5.32 Å². The van der Waals surface area contributed by atoms with Crippen LogP contribution in [0.1, 0.15) is 10.5 Å². The molecule has 0 radical (unpaired) electrons. The average Bonchev–Trinajstić information content (AvgIpc) is 3.03. The standard InChI is InChI=1S/C17H16FN3O/c1-20-10-13(12-6-4-3-5-7-12)8-15(20)17(22)19-14-9-16(18)21(2)11-14/h3-11H,1-2H3,(H,19,22). The van der Waals surface area contributed by atoms with Crippen LogP contribution < -0.4 is 5.32 Å². The molecule has 3 rings (SSSR count). The number of benzene rings is 1. The van der Waals surface area contributed by atoms with Gasteiger partial charge in [-0.3, -0.25) is 4.79 Å². The number of carbonyl (C=O) groups is 1. The second-order valence-electron chi connectivity index (χ2n) is 5.21. The van der Waals surface area contributed by atoms with Gasteiger partial charge in [-0.2, -0.15) is 4.39 Å². The van der Waals surface area contributed by atoms with Crippen molar-refractivity contribution >= 4 is 11.6 Å². The molecule has 1 N–H and O–H groups in total. The van der Waals surface area contributed by atoms with Crippen molar-refractivity contribution in [2.75, 3.05) is 5.32 Å². The first-order valence-corrected chi connectivity index (χ1v) is 6.89. The third kappa shape index (κ3) is 2.65. The van der Waals surface area contributed by atoms with E-state index in [1.165, 1.54) is 16.8 Å². The van der Waals surface area contributed by atoms with Gasteiger partial charge >= 0.3 is 0 Å². The van der Waals surface area contributed by atoms with Crippen molar-refractivity contribution in [2.45, 2.75) is 0 Å². The van der Waals surface area contributed by atoms with Gasteiger partial charge in [0.05, 0.1) is 5.69 Å². The van der Waals surface area contributed by atoms with Crippen LogP contribution >= 0.6 is 0 Å². The Bertz CT molecular complexity index is 798. The third-order valence-corrected chi connectivity index (χ3v) is 3.55. The summed E-state index contributed by atoms with van der Waals surface area (Å²) in [5.41, 5.74) is 2.96. The monoisotopic (exact) mass is 297 g/mol. The Balaban J connectivity index is 1.85. The summed E-state index contributed by atoms with van der Waals surface area (Å²) in [7, 11) is 3.40. The van der Waals surface area contributed by atoms with Crippen LogP contribution in [0.4, 0.5) is 10.1 Å². The highest BCUT2D eigenvalue weighted by Crippen LogP contribution is 2.22. The van der Waals surface area contributed by atoms with Gasteiger partial charge < -0.3 is 14.5 Å². The normalized spacial score (nSPS) is 10.7. The molecule has 0 aliphatic heterocycles. The van der Waals surface area contributed by atoms with Crippen LogP contribution in [0.2, 0.25) is 0 Å². The molecular weight excluding hydrogens is 281 g/mol. The lowest BCUT2D eigenvalue weighted by molar-refractivity contribution is 0.101. The second kappa shape index (κ2) is 5.52. The summed E-state index contributed by atoms with van der Waals surface area (Å²) < 4.78 is 16.4. The van der Waals surface area contributed by atoms with E-state index >= 15 is 0 Å². The van der Waals surface area contributed by atoms with E-state index < -0.39 is 5.95 Å². The topological polar surface area (TPSA) is 39.0 Å². The Labute approximate surface area is 127 Å². The Morgan fingerprint density at radius 1 is 1.00 bits per heavy atom. The van der Waals surface area contributed by atoms with Crippen LogP contribution in [0, 0.1) is 5.95 Å². The number of aryl methyl sites for hydroxylation is 2. The van der Waals surface area contributed by atoms with Gasteiger partial charge in [-0.05, 0) is 11.6 Å². The molecule has 0 bridgehead atoms. The van der Waals surface area contributed by atoms with E-state index in [4.69, 9.17) is 0 Å². The minimum atomic E-state index is -0.396. The fraction of sp³-hybridized carbons (Fsp3) is 0.118. The molecule has 0 saturated heterocycles. The number of aromatic nitrogens is 2. The van der Waals surface area contributed by atoms with Crippen LogP contribution in [-0.4, -0.2) is 15.0 Å². The summed E-state index contributed by atoms with van der Waals surface area (Å²) in [6, 6.07) is 12.9. The lowest BCUT2D eigenvalue weighted by Gasteiger charge is -2.03. The molecule has 2 aromatic heterocycles. The van der Waals surface area contributed by atoms with Gasteiger partial charge in [-0.1, -0.05) is 30.3 Å². The van der Waals surface area contributed by atoms with Gasteiger partial charge in [-0.25, -0.2) is 0 Å². The van der Waals surface area contributed by atoms with Crippen molar-refractivity contribution in [3.63, 3.8) is 0 Å². The molecule has 0 unspecified atom stereocenters. The number of rotatable bonds is 3. The summed E-state index contributed by atoms with van der Waals surface area (Å²) in [5.74, 6) is -0.664. The number of nitrogens with zero attached hydrogens (tertiary/aromatic N) is 2. The van der Waals surface area contributed by atoms with Crippen molar-refractivity contribution in [3.8, 4) is 11.1 Å². The molecule has 22 heavy (non-hydrogen) atoms. The van der Waals surface area contributed by atoms with Crippen molar-refractivity contribution in [1.82, 2.24) is 9.13 Å². The molecule has 3 aromatic rings. The number of hydrogen-bond acceptors (Lipinski definition) is 1. The number of amides is 1. The van der Waals surface area contributed by atoms with Crippen LogP contribution in [0.15, 0.2) is 54.9 Å². The van der Waals surface area contributed by atoms with Gasteiger partial charge in [0, 0.05) is 38.1 Å². The second-order valence-corrected chi connectivity index (χ2v) is 5.21. The molecule has 0 atom stereocenters. The quantitative estimate of drug-likeness (QED) is 0.790. The van der Waals surface area contributed by atoms with E-state index in [0.29, 0.717) is 11.4 Å². The highest BCUT2D eigenvalue weighted by Gasteiger charge is 2.14. The molecule has 1 aromatic carbocycles. The summed E-state index contributed by atoms with van der Waals surface area (Å²) in [5, 5.41) is 2.70. The van der Waals surface area contributed by atoms with Gasteiger partial charge in [0.2, 0.25) is 0 Å². The van der Waals surface area contributed by atoms with E-state index in [0.717, 1.165) is 11.1 Å². The lowest BCUT2D eigenvalue weighted by Crippen LogP contribution is -2.14. The maximum absolute atomic E-state index is 13.3. The van der Waals surface area contributed by atoms with Crippen LogP contribution in [0.5, 0.6) is 0 Å². The molecule has 0 aliphatic carbocycles. The average molecular weight is 297 g/mol. The van der Waals surface area contributed by atoms with E-state index in [1.54, 1.807) is 11.6 Å². The Morgan fingerprint density at radius 2 is 1.73 bits per heavy atom. The van der Waals surface area contributed by atoms with E-state index in [1.807, 2.05) is 49.6 Å². The number of hydrogen-bond donors (Lipinski definition) is 1. The Morgan fingerprint density at radius 3 is 2.36 bits per heavy atom. The first-order chi connectivity index (χ1) is 10.5. The fourth-order valence-electron chi connectivity index (χ4n) is 2.38. The predicted molar refractivity (Wildman–Crippen MR) is 84.2 cm³/mol. The third-order valence-electron chi connectivity index (χ3n) is 3.55. The first kappa shape index (κ1) is 14.1. The zero-order valence-corrected chi connectivity index (χ0v) is 12.4. The van der Waals surface area contributed by atoms with Crippen LogP contribution in [-0.2, 0) is 14.1 Å². The Hall–Kier alpha value is -2.82. The first-order valence-electron chi connectivity index (χ1n) is 6.89. The zero-order chi connectivity index (χ0) is 15.7. The van der Waals surface area contributed by atoms with Crippen molar-refractivity contribution in [3.05, 3.63) is 66.5 Å². The van der Waals surface area contributed by atoms with Crippen molar-refractivity contribution < 1.29 is 9.18 Å². The van der Waals surface area contributed by atoms with Gasteiger partial charge in [-0.15, -0.1) is 0 Å². The molecule has 0 saturated carbocycles. The number of halogens is 1. The smallest absolute Gasteiger partial charge is 0.272 e. The minimum Gasteiger partial charge on any atom is -0.346 e. The summed E-state index contributed by atoms with van der Waals surface area (Å²) >= 11 is 0. The largest absolute Gasteiger partial charge is 0.346 e. The van der Waals surface area contributed by atoms with Gasteiger partial charge in [0.15, 0.2) is 5.95 Å². The maximum Gasteiger partial charge on any atom is 0.272 e. The molecule has 0 fully saturated rings. The summed E-state index contributed by atoms with van der Waals surface area (Å²) in [6.07, 6.45) is 3.43. The predicted octanol–water partition coefficient (Wildman–Crippen LogP) is 3.42. The van der Waals surface area contributed by atoms with Crippen LogP contribution in [0.25, 0.3) is 11.1 Å². The Kier molecular flexibility index (Phi) is 3.55. The molecule has 1 amide bonds. The SMILES string of the molecule is Cn1cc(NC(=O)c2cc(-c3ccccc3)cn2C)cc1F. The molecule has 2 heterocycles.